The Morgan fingerprint density at radius 1 is 1.50 bits per heavy atom. The number of rotatable bonds is 3. The number of sulfone groups is 1. The number of nitrogens with one attached hydrogen (secondary N) is 1. The van der Waals surface area contributed by atoms with E-state index >= 15 is 0 Å². The summed E-state index contributed by atoms with van der Waals surface area (Å²) in [5.41, 5.74) is 1.14. The van der Waals surface area contributed by atoms with E-state index in [1.807, 2.05) is 19.4 Å². The minimum Gasteiger partial charge on any atom is -0.310 e. The van der Waals surface area contributed by atoms with E-state index in [1.54, 1.807) is 4.68 Å². The van der Waals surface area contributed by atoms with Crippen LogP contribution in [0.2, 0.25) is 0 Å². The zero-order valence-corrected chi connectivity index (χ0v) is 10.2. The summed E-state index contributed by atoms with van der Waals surface area (Å²) in [5.74, 6) is 0.634. The molecular weight excluding hydrogens is 226 g/mol. The Bertz CT molecular complexity index is 438. The molecule has 0 aromatic carbocycles. The predicted molar refractivity (Wildman–Crippen MR) is 61.7 cm³/mol. The van der Waals surface area contributed by atoms with Gasteiger partial charge in [-0.25, -0.2) is 8.42 Å². The molecule has 16 heavy (non-hydrogen) atoms. The highest BCUT2D eigenvalue weighted by molar-refractivity contribution is 7.91. The van der Waals surface area contributed by atoms with Gasteiger partial charge < -0.3 is 5.32 Å². The van der Waals surface area contributed by atoms with E-state index in [4.69, 9.17) is 0 Å². The van der Waals surface area contributed by atoms with Crippen molar-refractivity contribution in [1.82, 2.24) is 15.1 Å². The fourth-order valence-electron chi connectivity index (χ4n) is 1.92. The third kappa shape index (κ3) is 3.05. The van der Waals surface area contributed by atoms with E-state index in [1.165, 1.54) is 0 Å². The van der Waals surface area contributed by atoms with Crippen LogP contribution in [0.1, 0.15) is 18.4 Å². The zero-order chi connectivity index (χ0) is 11.6. The molecule has 1 aromatic heterocycles. The van der Waals surface area contributed by atoms with Crippen molar-refractivity contribution in [3.05, 3.63) is 18.0 Å². The number of aryl methyl sites for hydroxylation is 1. The molecule has 6 heteroatoms. The van der Waals surface area contributed by atoms with Crippen LogP contribution >= 0.6 is 0 Å². The maximum Gasteiger partial charge on any atom is 0.150 e. The first-order valence-corrected chi connectivity index (χ1v) is 7.29. The van der Waals surface area contributed by atoms with Crippen LogP contribution in [0, 0.1) is 0 Å². The third-order valence-corrected chi connectivity index (χ3v) is 4.62. The van der Waals surface area contributed by atoms with E-state index < -0.39 is 9.84 Å². The minimum absolute atomic E-state index is 0.317. The van der Waals surface area contributed by atoms with Gasteiger partial charge in [-0.3, -0.25) is 4.68 Å². The van der Waals surface area contributed by atoms with Crippen LogP contribution in [-0.2, 0) is 23.4 Å². The quantitative estimate of drug-likeness (QED) is 0.817. The van der Waals surface area contributed by atoms with E-state index in [9.17, 15) is 8.42 Å². The average Bonchev–Trinajstić information content (AvgIpc) is 2.63. The first-order chi connectivity index (χ1) is 7.55. The monoisotopic (exact) mass is 243 g/mol. The summed E-state index contributed by atoms with van der Waals surface area (Å²) in [7, 11) is -0.865. The fourth-order valence-corrected chi connectivity index (χ4v) is 3.41. The minimum atomic E-state index is -2.75. The van der Waals surface area contributed by atoms with E-state index in [-0.39, 0.29) is 0 Å². The van der Waals surface area contributed by atoms with Crippen LogP contribution in [0.5, 0.6) is 0 Å². The molecule has 0 saturated carbocycles. The molecule has 0 radical (unpaired) electrons. The summed E-state index contributed by atoms with van der Waals surface area (Å²) in [4.78, 5) is 0. The van der Waals surface area contributed by atoms with Gasteiger partial charge >= 0.3 is 0 Å². The Morgan fingerprint density at radius 3 is 2.75 bits per heavy atom. The van der Waals surface area contributed by atoms with Gasteiger partial charge in [0.2, 0.25) is 0 Å². The highest BCUT2D eigenvalue weighted by Crippen LogP contribution is 2.12. The molecule has 5 nitrogen and oxygen atoms in total. The summed E-state index contributed by atoms with van der Waals surface area (Å²) in [6.45, 7) is 0.762. The first kappa shape index (κ1) is 11.6. The van der Waals surface area contributed by atoms with Gasteiger partial charge in [0, 0.05) is 31.4 Å². The molecule has 1 aliphatic rings. The van der Waals surface area contributed by atoms with Crippen molar-refractivity contribution in [3.63, 3.8) is 0 Å². The van der Waals surface area contributed by atoms with Gasteiger partial charge in [0.05, 0.1) is 17.7 Å². The van der Waals surface area contributed by atoms with Crippen LogP contribution in [0.15, 0.2) is 12.4 Å². The van der Waals surface area contributed by atoms with E-state index in [2.05, 4.69) is 10.4 Å². The molecule has 0 atom stereocenters. The number of hydrogen-bond donors (Lipinski definition) is 1. The lowest BCUT2D eigenvalue weighted by atomic mass is 10.1. The van der Waals surface area contributed by atoms with Crippen LogP contribution in [-0.4, -0.2) is 35.7 Å². The van der Waals surface area contributed by atoms with Crippen LogP contribution in [0.4, 0.5) is 0 Å². The molecule has 2 rings (SSSR count). The van der Waals surface area contributed by atoms with Crippen molar-refractivity contribution >= 4 is 9.84 Å². The average molecular weight is 243 g/mol. The predicted octanol–water partition coefficient (Wildman–Crippen LogP) is 0.0869. The van der Waals surface area contributed by atoms with Crippen LogP contribution in [0.3, 0.4) is 0 Å². The van der Waals surface area contributed by atoms with Gasteiger partial charge in [-0.1, -0.05) is 0 Å². The Kier molecular flexibility index (Phi) is 3.30. The van der Waals surface area contributed by atoms with Crippen molar-refractivity contribution in [2.24, 2.45) is 7.05 Å². The Morgan fingerprint density at radius 2 is 2.19 bits per heavy atom. The number of nitrogens with zero attached hydrogens (tertiary/aromatic N) is 2. The molecule has 90 valence electrons. The van der Waals surface area contributed by atoms with Crippen molar-refractivity contribution in [2.75, 3.05) is 11.5 Å². The first-order valence-electron chi connectivity index (χ1n) is 5.46. The summed E-state index contributed by atoms with van der Waals surface area (Å²) in [6.07, 6.45) is 5.24. The molecule has 0 spiro atoms. The molecule has 0 aliphatic carbocycles. The standard InChI is InChI=1S/C10H17N3O2S/c1-13-8-9(7-12-13)6-11-10-2-4-16(14,15)5-3-10/h7-8,10-11H,2-6H2,1H3. The maximum absolute atomic E-state index is 11.2. The summed E-state index contributed by atoms with van der Waals surface area (Å²) < 4.78 is 24.2. The second-order valence-corrected chi connectivity index (χ2v) is 6.63. The molecule has 2 heterocycles. The van der Waals surface area contributed by atoms with Gasteiger partial charge in [0.1, 0.15) is 9.84 Å². The zero-order valence-electron chi connectivity index (χ0n) is 9.39. The SMILES string of the molecule is Cn1cc(CNC2CCS(=O)(=O)CC2)cn1. The highest BCUT2D eigenvalue weighted by atomic mass is 32.2. The number of aromatic nitrogens is 2. The Balaban J connectivity index is 1.80. The highest BCUT2D eigenvalue weighted by Gasteiger charge is 2.22. The molecule has 0 amide bonds. The molecule has 1 aliphatic heterocycles. The summed E-state index contributed by atoms with van der Waals surface area (Å²) >= 11 is 0. The summed E-state index contributed by atoms with van der Waals surface area (Å²) in [6, 6.07) is 0.323. The molecule has 0 unspecified atom stereocenters. The third-order valence-electron chi connectivity index (χ3n) is 2.91. The second-order valence-electron chi connectivity index (χ2n) is 4.33. The van der Waals surface area contributed by atoms with Crippen LogP contribution in [0.25, 0.3) is 0 Å². The van der Waals surface area contributed by atoms with Gasteiger partial charge in [-0.2, -0.15) is 5.10 Å². The largest absolute Gasteiger partial charge is 0.310 e. The van der Waals surface area contributed by atoms with Gasteiger partial charge in [-0.05, 0) is 12.8 Å². The van der Waals surface area contributed by atoms with Crippen molar-refractivity contribution < 1.29 is 8.42 Å². The topological polar surface area (TPSA) is 64.0 Å². The van der Waals surface area contributed by atoms with Crippen molar-refractivity contribution in [2.45, 2.75) is 25.4 Å². The smallest absolute Gasteiger partial charge is 0.150 e. The Hall–Kier alpha value is -0.880. The second kappa shape index (κ2) is 4.55. The fraction of sp³-hybridized carbons (Fsp3) is 0.700. The Labute approximate surface area is 95.8 Å². The van der Waals surface area contributed by atoms with Gasteiger partial charge in [0.15, 0.2) is 0 Å². The molecule has 1 N–H and O–H groups in total. The molecule has 0 bridgehead atoms. The van der Waals surface area contributed by atoms with Gasteiger partial charge in [-0.15, -0.1) is 0 Å². The van der Waals surface area contributed by atoms with Gasteiger partial charge in [0.25, 0.3) is 0 Å². The molecule has 1 saturated heterocycles. The van der Waals surface area contributed by atoms with Crippen molar-refractivity contribution in [3.8, 4) is 0 Å². The lowest BCUT2D eigenvalue weighted by molar-refractivity contribution is 0.463. The summed E-state index contributed by atoms with van der Waals surface area (Å²) in [5, 5.41) is 7.46. The van der Waals surface area contributed by atoms with E-state index in [0.29, 0.717) is 17.5 Å². The lowest BCUT2D eigenvalue weighted by Gasteiger charge is -2.22. The molecule has 1 fully saturated rings. The normalized spacial score (nSPS) is 21.1. The molecular formula is C10H17N3O2S. The van der Waals surface area contributed by atoms with E-state index in [0.717, 1.165) is 24.9 Å². The van der Waals surface area contributed by atoms with Crippen LogP contribution < -0.4 is 5.32 Å². The molecule has 1 aromatic rings. The van der Waals surface area contributed by atoms with Crippen molar-refractivity contribution in [1.29, 1.82) is 0 Å². The lowest BCUT2D eigenvalue weighted by Crippen LogP contribution is -2.37. The number of hydrogen-bond acceptors (Lipinski definition) is 4. The maximum atomic E-state index is 11.2.